The van der Waals surface area contributed by atoms with Gasteiger partial charge in [-0.3, -0.25) is 9.59 Å². The number of amides is 2. The highest BCUT2D eigenvalue weighted by atomic mass is 16.3. The second kappa shape index (κ2) is 9.42. The number of fused-ring (bicyclic) bond motifs is 1. The van der Waals surface area contributed by atoms with Gasteiger partial charge in [-0.2, -0.15) is 5.26 Å². The number of nitrogens with one attached hydrogen (secondary N) is 1. The van der Waals surface area contributed by atoms with Crippen molar-refractivity contribution >= 4 is 28.8 Å². The number of aryl methyl sites for hydroxylation is 1. The van der Waals surface area contributed by atoms with Crippen LogP contribution in [0.2, 0.25) is 0 Å². The van der Waals surface area contributed by atoms with Crippen LogP contribution in [0.15, 0.2) is 59.4 Å². The zero-order chi connectivity index (χ0) is 20.6. The van der Waals surface area contributed by atoms with E-state index in [-0.39, 0.29) is 24.9 Å². The Morgan fingerprint density at radius 3 is 2.86 bits per heavy atom. The number of rotatable bonds is 8. The van der Waals surface area contributed by atoms with Gasteiger partial charge in [0.2, 0.25) is 11.8 Å². The van der Waals surface area contributed by atoms with Crippen molar-refractivity contribution in [3.63, 3.8) is 0 Å². The zero-order valence-electron chi connectivity index (χ0n) is 16.2. The summed E-state index contributed by atoms with van der Waals surface area (Å²) in [4.78, 5) is 25.7. The minimum atomic E-state index is -0.271. The quantitative estimate of drug-likeness (QED) is 0.599. The first-order chi connectivity index (χ1) is 14.1. The number of nitrogens with zero attached hydrogens (tertiary/aromatic N) is 3. The topological polar surface area (TPSA) is 91.3 Å². The highest BCUT2D eigenvalue weighted by Crippen LogP contribution is 2.22. The van der Waals surface area contributed by atoms with E-state index < -0.39 is 0 Å². The fourth-order valence-corrected chi connectivity index (χ4v) is 3.00. The molecule has 3 aromatic rings. The SMILES string of the molecule is CN(CC(=O)NCc1ccco1)C(=O)/C=C/c1cn(CCC#N)c2ccccc12. The van der Waals surface area contributed by atoms with E-state index in [1.54, 1.807) is 31.5 Å². The minimum absolute atomic E-state index is 0.0478. The number of para-hydroxylation sites is 1. The molecule has 0 saturated carbocycles. The van der Waals surface area contributed by atoms with Crippen molar-refractivity contribution in [2.24, 2.45) is 0 Å². The van der Waals surface area contributed by atoms with Crippen LogP contribution in [0.5, 0.6) is 0 Å². The van der Waals surface area contributed by atoms with Crippen LogP contribution < -0.4 is 5.32 Å². The molecule has 29 heavy (non-hydrogen) atoms. The molecule has 0 unspecified atom stereocenters. The number of benzene rings is 1. The fourth-order valence-electron chi connectivity index (χ4n) is 3.00. The average Bonchev–Trinajstić information content (AvgIpc) is 3.37. The van der Waals surface area contributed by atoms with Crippen LogP contribution in [0.4, 0.5) is 0 Å². The van der Waals surface area contributed by atoms with Crippen molar-refractivity contribution in [3.05, 3.63) is 66.3 Å². The molecular weight excluding hydrogens is 368 g/mol. The van der Waals surface area contributed by atoms with Gasteiger partial charge in [0.1, 0.15) is 5.76 Å². The molecule has 0 fully saturated rings. The van der Waals surface area contributed by atoms with Gasteiger partial charge in [0.05, 0.1) is 31.8 Å². The molecule has 0 radical (unpaired) electrons. The normalized spacial score (nSPS) is 10.9. The molecule has 0 saturated heterocycles. The lowest BCUT2D eigenvalue weighted by atomic mass is 10.1. The van der Waals surface area contributed by atoms with E-state index in [0.717, 1.165) is 16.5 Å². The van der Waals surface area contributed by atoms with Gasteiger partial charge in [0.25, 0.3) is 0 Å². The van der Waals surface area contributed by atoms with Gasteiger partial charge >= 0.3 is 0 Å². The Labute approximate surface area is 168 Å². The molecule has 2 heterocycles. The summed E-state index contributed by atoms with van der Waals surface area (Å²) in [6, 6.07) is 13.5. The summed E-state index contributed by atoms with van der Waals surface area (Å²) in [5, 5.41) is 12.6. The Hall–Kier alpha value is -3.79. The Balaban J connectivity index is 1.62. The van der Waals surface area contributed by atoms with Crippen LogP contribution in [-0.4, -0.2) is 34.9 Å². The van der Waals surface area contributed by atoms with Crippen molar-refractivity contribution in [1.29, 1.82) is 5.26 Å². The highest BCUT2D eigenvalue weighted by Gasteiger charge is 2.12. The third-order valence-electron chi connectivity index (χ3n) is 4.49. The lowest BCUT2D eigenvalue weighted by molar-refractivity contribution is -0.131. The predicted octanol–water partition coefficient (Wildman–Crippen LogP) is 2.94. The van der Waals surface area contributed by atoms with Gasteiger partial charge in [0, 0.05) is 42.3 Å². The zero-order valence-corrected chi connectivity index (χ0v) is 16.2. The number of aromatic nitrogens is 1. The van der Waals surface area contributed by atoms with Crippen molar-refractivity contribution in [2.45, 2.75) is 19.5 Å². The van der Waals surface area contributed by atoms with E-state index in [1.807, 2.05) is 35.0 Å². The molecule has 1 aromatic carbocycles. The van der Waals surface area contributed by atoms with E-state index in [1.165, 1.54) is 11.0 Å². The Morgan fingerprint density at radius 1 is 1.28 bits per heavy atom. The maximum absolute atomic E-state index is 12.4. The third-order valence-corrected chi connectivity index (χ3v) is 4.49. The summed E-state index contributed by atoms with van der Waals surface area (Å²) in [6.07, 6.45) is 7.08. The number of carbonyl (C=O) groups excluding carboxylic acids is 2. The molecule has 7 nitrogen and oxygen atoms in total. The number of hydrogen-bond acceptors (Lipinski definition) is 4. The molecule has 2 amide bonds. The van der Waals surface area contributed by atoms with Crippen molar-refractivity contribution in [1.82, 2.24) is 14.8 Å². The molecule has 3 rings (SSSR count). The van der Waals surface area contributed by atoms with E-state index in [4.69, 9.17) is 9.68 Å². The molecule has 0 atom stereocenters. The number of likely N-dealkylation sites (N-methyl/N-ethyl adjacent to an activating group) is 1. The predicted molar refractivity (Wildman–Crippen MR) is 109 cm³/mol. The van der Waals surface area contributed by atoms with Crippen LogP contribution >= 0.6 is 0 Å². The number of hydrogen-bond donors (Lipinski definition) is 1. The van der Waals surface area contributed by atoms with E-state index in [0.29, 0.717) is 18.7 Å². The maximum atomic E-state index is 12.4. The third kappa shape index (κ3) is 5.14. The summed E-state index contributed by atoms with van der Waals surface area (Å²) in [5.41, 5.74) is 1.91. The minimum Gasteiger partial charge on any atom is -0.467 e. The van der Waals surface area contributed by atoms with Crippen LogP contribution in [0.1, 0.15) is 17.7 Å². The summed E-state index contributed by atoms with van der Waals surface area (Å²) in [5.74, 6) is 0.116. The lowest BCUT2D eigenvalue weighted by Crippen LogP contribution is -2.37. The second-order valence-corrected chi connectivity index (χ2v) is 6.59. The van der Waals surface area contributed by atoms with E-state index in [9.17, 15) is 9.59 Å². The van der Waals surface area contributed by atoms with Crippen LogP contribution in [-0.2, 0) is 22.7 Å². The first kappa shape index (κ1) is 20.0. The molecule has 0 aliphatic heterocycles. The van der Waals surface area contributed by atoms with E-state index in [2.05, 4.69) is 11.4 Å². The molecule has 0 spiro atoms. The van der Waals surface area contributed by atoms with E-state index >= 15 is 0 Å². The maximum Gasteiger partial charge on any atom is 0.246 e. The molecule has 0 aliphatic rings. The smallest absolute Gasteiger partial charge is 0.246 e. The number of carbonyl (C=O) groups is 2. The lowest BCUT2D eigenvalue weighted by Gasteiger charge is -2.14. The standard InChI is InChI=1S/C22H22N4O3/c1-25(16-21(27)24-14-18-6-4-13-29-18)22(28)10-9-17-15-26(12-5-11-23)20-8-3-2-7-19(17)20/h2-4,6-10,13,15H,5,12,14,16H2,1H3,(H,24,27)/b10-9+. The molecule has 1 N–H and O–H groups in total. The summed E-state index contributed by atoms with van der Waals surface area (Å²) in [7, 11) is 1.58. The molecule has 7 heteroatoms. The molecule has 148 valence electrons. The van der Waals surface area contributed by atoms with Crippen molar-refractivity contribution in [3.8, 4) is 6.07 Å². The van der Waals surface area contributed by atoms with Crippen LogP contribution in [0.3, 0.4) is 0 Å². The highest BCUT2D eigenvalue weighted by molar-refractivity contribution is 5.97. The molecule has 0 aliphatic carbocycles. The van der Waals surface area contributed by atoms with Gasteiger partial charge in [0.15, 0.2) is 0 Å². The van der Waals surface area contributed by atoms with Crippen LogP contribution in [0.25, 0.3) is 17.0 Å². The average molecular weight is 390 g/mol. The molecule has 0 bridgehead atoms. The fraction of sp³-hybridized carbons (Fsp3) is 0.227. The molecule has 2 aromatic heterocycles. The summed E-state index contributed by atoms with van der Waals surface area (Å²) in [6.45, 7) is 0.828. The molecular formula is C22H22N4O3. The Kier molecular flexibility index (Phi) is 6.48. The number of nitriles is 1. The Morgan fingerprint density at radius 2 is 2.10 bits per heavy atom. The monoisotopic (exact) mass is 390 g/mol. The van der Waals surface area contributed by atoms with Gasteiger partial charge in [-0.15, -0.1) is 0 Å². The first-order valence-corrected chi connectivity index (χ1v) is 9.25. The van der Waals surface area contributed by atoms with Gasteiger partial charge in [-0.1, -0.05) is 18.2 Å². The summed E-state index contributed by atoms with van der Waals surface area (Å²) < 4.78 is 7.17. The summed E-state index contributed by atoms with van der Waals surface area (Å²) >= 11 is 0. The largest absolute Gasteiger partial charge is 0.467 e. The second-order valence-electron chi connectivity index (χ2n) is 6.59. The first-order valence-electron chi connectivity index (χ1n) is 9.25. The number of furan rings is 1. The van der Waals surface area contributed by atoms with Gasteiger partial charge in [-0.05, 0) is 24.3 Å². The van der Waals surface area contributed by atoms with Crippen LogP contribution in [0, 0.1) is 11.3 Å². The van der Waals surface area contributed by atoms with Crippen molar-refractivity contribution < 1.29 is 14.0 Å². The van der Waals surface area contributed by atoms with Gasteiger partial charge < -0.3 is 19.2 Å². The Bertz CT molecular complexity index is 1060. The van der Waals surface area contributed by atoms with Gasteiger partial charge in [-0.25, -0.2) is 0 Å². The van der Waals surface area contributed by atoms with Crippen molar-refractivity contribution in [2.75, 3.05) is 13.6 Å².